The van der Waals surface area contributed by atoms with Gasteiger partial charge in [-0.25, -0.2) is 9.59 Å². The Kier molecular flexibility index (Phi) is 15.5. The van der Waals surface area contributed by atoms with Crippen LogP contribution in [0.25, 0.3) is 0 Å². The van der Waals surface area contributed by atoms with Crippen LogP contribution >= 0.6 is 7.60 Å². The van der Waals surface area contributed by atoms with Gasteiger partial charge in [0.25, 0.3) is 0 Å². The van der Waals surface area contributed by atoms with Gasteiger partial charge in [-0.15, -0.1) is 0 Å². The number of aryl methyl sites for hydroxylation is 1. The lowest BCUT2D eigenvalue weighted by molar-refractivity contribution is -0.146. The predicted molar refractivity (Wildman–Crippen MR) is 176 cm³/mol. The number of carbonyl (C=O) groups is 3. The largest absolute Gasteiger partial charge is 0.479 e. The van der Waals surface area contributed by atoms with Crippen LogP contribution in [-0.2, 0) is 47.6 Å². The molecule has 248 valence electrons. The number of amides is 2. The zero-order valence-electron chi connectivity index (χ0n) is 26.5. The zero-order valence-corrected chi connectivity index (χ0v) is 27.4. The van der Waals surface area contributed by atoms with Gasteiger partial charge >= 0.3 is 19.7 Å². The van der Waals surface area contributed by atoms with Crippen LogP contribution in [0.5, 0.6) is 0 Å². The third-order valence-electron chi connectivity index (χ3n) is 7.17. The van der Waals surface area contributed by atoms with Gasteiger partial charge in [-0.05, 0) is 54.7 Å². The number of nitrogens with one attached hydrogen (secondary N) is 2. The first-order chi connectivity index (χ1) is 22.2. The first kappa shape index (κ1) is 36.5. The first-order valence-electron chi connectivity index (χ1n) is 15.6. The van der Waals surface area contributed by atoms with Crippen LogP contribution in [0, 0.1) is 5.92 Å². The van der Waals surface area contributed by atoms with Crippen molar-refractivity contribution in [1.82, 2.24) is 10.6 Å². The van der Waals surface area contributed by atoms with Gasteiger partial charge in [0.15, 0.2) is 6.10 Å². The second kappa shape index (κ2) is 19.5. The van der Waals surface area contributed by atoms with Gasteiger partial charge in [0.05, 0.1) is 6.61 Å². The molecule has 11 heteroatoms. The number of rotatable bonds is 20. The SMILES string of the molecule is CC(C)[C@@H](NC(=O)CCCc1ccccc1)P(=O)(OCc1ccccc1)OC(CCCCNC(=O)OCc1ccccc1)C(=O)O. The molecule has 0 aliphatic carbocycles. The summed E-state index contributed by atoms with van der Waals surface area (Å²) in [6, 6.07) is 28.1. The van der Waals surface area contributed by atoms with Crippen molar-refractivity contribution in [2.75, 3.05) is 6.54 Å². The second-order valence-corrected chi connectivity index (χ2v) is 13.4. The van der Waals surface area contributed by atoms with Gasteiger partial charge in [-0.3, -0.25) is 13.9 Å². The second-order valence-electron chi connectivity index (χ2n) is 11.3. The van der Waals surface area contributed by atoms with E-state index in [1.165, 1.54) is 0 Å². The molecule has 3 atom stereocenters. The van der Waals surface area contributed by atoms with E-state index in [-0.39, 0.29) is 44.4 Å². The average Bonchev–Trinajstić information content (AvgIpc) is 3.06. The van der Waals surface area contributed by atoms with Crippen LogP contribution in [0.15, 0.2) is 91.0 Å². The molecule has 0 aliphatic heterocycles. The highest BCUT2D eigenvalue weighted by atomic mass is 31.2. The molecule has 0 bridgehead atoms. The van der Waals surface area contributed by atoms with Crippen molar-refractivity contribution in [1.29, 1.82) is 0 Å². The molecule has 0 radical (unpaired) electrons. The van der Waals surface area contributed by atoms with Gasteiger partial charge < -0.3 is 25.0 Å². The molecule has 2 unspecified atom stereocenters. The molecule has 3 aromatic rings. The van der Waals surface area contributed by atoms with Gasteiger partial charge in [-0.1, -0.05) is 105 Å². The molecule has 3 N–H and O–H groups in total. The zero-order chi connectivity index (χ0) is 33.2. The summed E-state index contributed by atoms with van der Waals surface area (Å²) in [6.45, 7) is 3.85. The Bertz CT molecular complexity index is 1390. The lowest BCUT2D eigenvalue weighted by Crippen LogP contribution is -2.40. The maximum absolute atomic E-state index is 14.4. The topological polar surface area (TPSA) is 140 Å². The molecule has 3 aromatic carbocycles. The van der Waals surface area contributed by atoms with Crippen molar-refractivity contribution in [3.63, 3.8) is 0 Å². The number of alkyl carbamates (subject to hydrolysis) is 1. The number of hydrogen-bond acceptors (Lipinski definition) is 7. The van der Waals surface area contributed by atoms with Crippen molar-refractivity contribution in [2.24, 2.45) is 5.92 Å². The van der Waals surface area contributed by atoms with Gasteiger partial charge in [0.1, 0.15) is 12.4 Å². The molecular formula is C35H45N2O8P. The Hall–Kier alpha value is -3.98. The molecule has 10 nitrogen and oxygen atoms in total. The highest BCUT2D eigenvalue weighted by Crippen LogP contribution is 2.56. The fraction of sp³-hybridized carbons (Fsp3) is 0.400. The molecule has 0 aliphatic rings. The standard InChI is InChI=1S/C35H45N2O8P/c1-27(2)33(37-32(38)23-14-21-28-15-6-3-7-16-28)46(42,44-26-30-19-10-5-11-20-30)45-31(34(39)40)22-12-13-24-36-35(41)43-25-29-17-8-4-9-18-29/h3-11,15-20,27,31,33H,12-14,21-26H2,1-2H3,(H,36,41)(H,37,38)(H,39,40)/t31?,33-,46?/m0/s1. The van der Waals surface area contributed by atoms with E-state index in [0.29, 0.717) is 25.7 Å². The molecule has 0 saturated carbocycles. The van der Waals surface area contributed by atoms with E-state index in [2.05, 4.69) is 10.6 Å². The quantitative estimate of drug-likeness (QED) is 0.0869. The van der Waals surface area contributed by atoms with E-state index in [1.54, 1.807) is 26.0 Å². The summed E-state index contributed by atoms with van der Waals surface area (Å²) in [5.74, 6) is -3.07. The van der Waals surface area contributed by atoms with E-state index in [4.69, 9.17) is 13.8 Å². The van der Waals surface area contributed by atoms with Gasteiger partial charge in [0.2, 0.25) is 5.91 Å². The fourth-order valence-electron chi connectivity index (χ4n) is 4.68. The number of carboxylic acids is 1. The molecule has 3 rings (SSSR count). The maximum Gasteiger partial charge on any atom is 0.407 e. The number of carboxylic acid groups (broad SMARTS) is 1. The lowest BCUT2D eigenvalue weighted by Gasteiger charge is -2.32. The van der Waals surface area contributed by atoms with E-state index in [9.17, 15) is 24.1 Å². The minimum atomic E-state index is -4.22. The van der Waals surface area contributed by atoms with Crippen LogP contribution in [0.4, 0.5) is 4.79 Å². The fourth-order valence-corrected chi connectivity index (χ4v) is 6.94. The minimum Gasteiger partial charge on any atom is -0.479 e. The molecule has 0 spiro atoms. The Labute approximate surface area is 271 Å². The Morgan fingerprint density at radius 3 is 1.91 bits per heavy atom. The molecule has 0 fully saturated rings. The number of unbranched alkanes of at least 4 members (excludes halogenated alkanes) is 1. The lowest BCUT2D eigenvalue weighted by atomic mass is 10.1. The molecular weight excluding hydrogens is 607 g/mol. The Morgan fingerprint density at radius 1 is 0.783 bits per heavy atom. The van der Waals surface area contributed by atoms with Crippen molar-refractivity contribution >= 4 is 25.6 Å². The van der Waals surface area contributed by atoms with Gasteiger partial charge in [-0.2, -0.15) is 0 Å². The van der Waals surface area contributed by atoms with E-state index >= 15 is 0 Å². The van der Waals surface area contributed by atoms with Crippen LogP contribution in [-0.4, -0.2) is 41.5 Å². The van der Waals surface area contributed by atoms with Crippen molar-refractivity contribution < 1.29 is 37.8 Å². The molecule has 0 heterocycles. The monoisotopic (exact) mass is 652 g/mol. The summed E-state index contributed by atoms with van der Waals surface area (Å²) >= 11 is 0. The third kappa shape index (κ3) is 13.2. The van der Waals surface area contributed by atoms with Crippen molar-refractivity contribution in [3.05, 3.63) is 108 Å². The highest BCUT2D eigenvalue weighted by Gasteiger charge is 2.43. The summed E-state index contributed by atoms with van der Waals surface area (Å²) in [4.78, 5) is 37.3. The van der Waals surface area contributed by atoms with E-state index in [1.807, 2.05) is 78.9 Å². The van der Waals surface area contributed by atoms with Crippen molar-refractivity contribution in [2.45, 2.75) is 77.5 Å². The summed E-state index contributed by atoms with van der Waals surface area (Å²) in [5.41, 5.74) is 2.70. The summed E-state index contributed by atoms with van der Waals surface area (Å²) < 4.78 is 31.4. The van der Waals surface area contributed by atoms with Crippen molar-refractivity contribution in [3.8, 4) is 0 Å². The summed E-state index contributed by atoms with van der Waals surface area (Å²) in [7, 11) is -4.22. The summed E-state index contributed by atoms with van der Waals surface area (Å²) in [5, 5.41) is 15.5. The molecule has 0 saturated heterocycles. The average molecular weight is 653 g/mol. The minimum absolute atomic E-state index is 0.0185. The molecule has 0 aromatic heterocycles. The number of carbonyl (C=O) groups excluding carboxylic acids is 2. The Balaban J connectivity index is 1.59. The molecule has 2 amide bonds. The number of aliphatic carboxylic acids is 1. The number of hydrogen-bond donors (Lipinski definition) is 3. The number of benzene rings is 3. The first-order valence-corrected chi connectivity index (χ1v) is 17.2. The van der Waals surface area contributed by atoms with E-state index in [0.717, 1.165) is 16.7 Å². The van der Waals surface area contributed by atoms with Gasteiger partial charge in [0, 0.05) is 13.0 Å². The smallest absolute Gasteiger partial charge is 0.407 e. The highest BCUT2D eigenvalue weighted by molar-refractivity contribution is 7.54. The predicted octanol–water partition coefficient (Wildman–Crippen LogP) is 7.08. The van der Waals surface area contributed by atoms with Crippen LogP contribution in [0.2, 0.25) is 0 Å². The third-order valence-corrected chi connectivity index (χ3v) is 9.62. The van der Waals surface area contributed by atoms with Crippen LogP contribution < -0.4 is 10.6 Å². The van der Waals surface area contributed by atoms with Crippen LogP contribution in [0.1, 0.15) is 62.6 Å². The normalized spacial score (nSPS) is 13.7. The number of ether oxygens (including phenoxy) is 1. The summed E-state index contributed by atoms with van der Waals surface area (Å²) in [6.07, 6.45) is 0.268. The Morgan fingerprint density at radius 2 is 1.35 bits per heavy atom. The van der Waals surface area contributed by atoms with E-state index < -0.39 is 31.5 Å². The van der Waals surface area contributed by atoms with Crippen LogP contribution in [0.3, 0.4) is 0 Å². The molecule has 46 heavy (non-hydrogen) atoms. The maximum atomic E-state index is 14.4.